The summed E-state index contributed by atoms with van der Waals surface area (Å²) in [4.78, 5) is 28.2. The molecule has 1 rings (SSSR count). The molecule has 0 aliphatic rings. The highest BCUT2D eigenvalue weighted by Gasteiger charge is 1.96. The van der Waals surface area contributed by atoms with Crippen LogP contribution in [0.25, 0.3) is 0 Å². The van der Waals surface area contributed by atoms with Crippen LogP contribution in [-0.2, 0) is 9.59 Å². The van der Waals surface area contributed by atoms with Crippen LogP contribution >= 0.6 is 0 Å². The molecule has 0 amide bonds. The molecule has 0 radical (unpaired) electrons. The normalized spacial score (nSPS) is 7.65. The lowest BCUT2D eigenvalue weighted by atomic mass is 10.2. The van der Waals surface area contributed by atoms with Gasteiger partial charge in [0, 0.05) is 13.8 Å². The number of benzene rings is 1. The first-order chi connectivity index (χ1) is 7.77. The first-order valence-corrected chi connectivity index (χ1v) is 4.44. The van der Waals surface area contributed by atoms with Crippen LogP contribution in [0.1, 0.15) is 24.2 Å². The number of carboxylic acids is 3. The number of hydrogen-bond acceptors (Lipinski definition) is 3. The number of hydrogen-bond donors (Lipinski definition) is 3. The van der Waals surface area contributed by atoms with E-state index in [1.54, 1.807) is 30.3 Å². The van der Waals surface area contributed by atoms with Crippen molar-refractivity contribution < 1.29 is 29.7 Å². The van der Waals surface area contributed by atoms with Crippen molar-refractivity contribution in [3.8, 4) is 0 Å². The highest BCUT2D eigenvalue weighted by atomic mass is 16.4. The lowest BCUT2D eigenvalue weighted by Crippen LogP contribution is -1.93. The van der Waals surface area contributed by atoms with Crippen LogP contribution in [0.3, 0.4) is 0 Å². The molecular formula is C11H14O6. The summed E-state index contributed by atoms with van der Waals surface area (Å²) in [6, 6.07) is 8.30. The van der Waals surface area contributed by atoms with E-state index in [-0.39, 0.29) is 0 Å². The van der Waals surface area contributed by atoms with Gasteiger partial charge in [-0.1, -0.05) is 18.2 Å². The molecule has 0 saturated carbocycles. The van der Waals surface area contributed by atoms with Gasteiger partial charge < -0.3 is 15.3 Å². The standard InChI is InChI=1S/C7H6O2.2C2H4O2/c8-7(9)6-4-2-1-3-5-6;2*1-2(3)4/h1-5H,(H,8,9);2*1H3,(H,3,4). The second-order valence-corrected chi connectivity index (χ2v) is 2.71. The van der Waals surface area contributed by atoms with E-state index in [9.17, 15) is 4.79 Å². The molecule has 6 heteroatoms. The predicted octanol–water partition coefficient (Wildman–Crippen LogP) is 1.57. The van der Waals surface area contributed by atoms with Gasteiger partial charge in [0.15, 0.2) is 0 Å². The molecule has 0 spiro atoms. The first kappa shape index (κ1) is 17.0. The fourth-order valence-corrected chi connectivity index (χ4v) is 0.581. The number of carbonyl (C=O) groups is 3. The van der Waals surface area contributed by atoms with Crippen LogP contribution in [0.2, 0.25) is 0 Å². The van der Waals surface area contributed by atoms with Crippen LogP contribution in [0, 0.1) is 0 Å². The smallest absolute Gasteiger partial charge is 0.335 e. The summed E-state index contributed by atoms with van der Waals surface area (Å²) in [6.45, 7) is 2.17. The fourth-order valence-electron chi connectivity index (χ4n) is 0.581. The summed E-state index contributed by atoms with van der Waals surface area (Å²) in [7, 11) is 0. The zero-order valence-corrected chi connectivity index (χ0v) is 9.45. The zero-order valence-electron chi connectivity index (χ0n) is 9.45. The second-order valence-electron chi connectivity index (χ2n) is 2.71. The molecule has 0 saturated heterocycles. The molecule has 1 aromatic carbocycles. The third-order valence-electron chi connectivity index (χ3n) is 1.02. The summed E-state index contributed by atoms with van der Waals surface area (Å²) in [5.74, 6) is -2.55. The molecule has 17 heavy (non-hydrogen) atoms. The number of aliphatic carboxylic acids is 2. The van der Waals surface area contributed by atoms with Gasteiger partial charge >= 0.3 is 5.97 Å². The third-order valence-corrected chi connectivity index (χ3v) is 1.02. The van der Waals surface area contributed by atoms with E-state index in [1.807, 2.05) is 0 Å². The molecule has 0 heterocycles. The maximum atomic E-state index is 10.2. The minimum Gasteiger partial charge on any atom is -0.481 e. The Morgan fingerprint density at radius 2 is 1.12 bits per heavy atom. The Labute approximate surface area is 98.1 Å². The monoisotopic (exact) mass is 242 g/mol. The van der Waals surface area contributed by atoms with Crippen molar-refractivity contribution in [2.45, 2.75) is 13.8 Å². The minimum absolute atomic E-state index is 0.331. The zero-order chi connectivity index (χ0) is 13.8. The van der Waals surface area contributed by atoms with E-state index in [2.05, 4.69) is 0 Å². The van der Waals surface area contributed by atoms with Gasteiger partial charge in [0.1, 0.15) is 0 Å². The highest BCUT2D eigenvalue weighted by molar-refractivity contribution is 5.87. The Morgan fingerprint density at radius 1 is 0.824 bits per heavy atom. The molecule has 94 valence electrons. The Hall–Kier alpha value is -2.37. The Kier molecular flexibility index (Phi) is 10.2. The van der Waals surface area contributed by atoms with Gasteiger partial charge in [0.25, 0.3) is 11.9 Å². The van der Waals surface area contributed by atoms with Gasteiger partial charge in [-0.2, -0.15) is 0 Å². The van der Waals surface area contributed by atoms with Crippen LogP contribution in [0.15, 0.2) is 30.3 Å². The highest BCUT2D eigenvalue weighted by Crippen LogP contribution is 1.96. The van der Waals surface area contributed by atoms with Crippen molar-refractivity contribution >= 4 is 17.9 Å². The van der Waals surface area contributed by atoms with Crippen molar-refractivity contribution in [2.75, 3.05) is 0 Å². The average Bonchev–Trinajstić information content (AvgIpc) is 2.17. The number of aromatic carboxylic acids is 1. The maximum Gasteiger partial charge on any atom is 0.335 e. The van der Waals surface area contributed by atoms with Crippen molar-refractivity contribution in [2.24, 2.45) is 0 Å². The molecule has 0 atom stereocenters. The SMILES string of the molecule is CC(=O)O.CC(=O)O.O=C(O)c1ccccc1. The summed E-state index contributed by atoms with van der Waals surface area (Å²) >= 11 is 0. The van der Waals surface area contributed by atoms with E-state index in [1.165, 1.54) is 0 Å². The molecule has 0 aliphatic heterocycles. The molecule has 6 nitrogen and oxygen atoms in total. The largest absolute Gasteiger partial charge is 0.481 e. The summed E-state index contributed by atoms with van der Waals surface area (Å²) in [5.41, 5.74) is 0.331. The van der Waals surface area contributed by atoms with Gasteiger partial charge in [0.05, 0.1) is 5.56 Å². The van der Waals surface area contributed by atoms with Gasteiger partial charge in [-0.05, 0) is 12.1 Å². The molecule has 0 fully saturated rings. The molecule has 0 unspecified atom stereocenters. The minimum atomic E-state index is -0.879. The van der Waals surface area contributed by atoms with E-state index >= 15 is 0 Å². The van der Waals surface area contributed by atoms with Crippen molar-refractivity contribution in [1.29, 1.82) is 0 Å². The van der Waals surface area contributed by atoms with Crippen LogP contribution in [0.4, 0.5) is 0 Å². The van der Waals surface area contributed by atoms with Gasteiger partial charge in [-0.25, -0.2) is 4.79 Å². The van der Waals surface area contributed by atoms with Gasteiger partial charge in [-0.15, -0.1) is 0 Å². The Bertz CT molecular complexity index is 337. The summed E-state index contributed by atoms with van der Waals surface area (Å²) in [6.07, 6.45) is 0. The molecule has 1 aromatic rings. The molecular weight excluding hydrogens is 228 g/mol. The van der Waals surface area contributed by atoms with Crippen molar-refractivity contribution in [3.63, 3.8) is 0 Å². The van der Waals surface area contributed by atoms with Gasteiger partial charge in [-0.3, -0.25) is 9.59 Å². The van der Waals surface area contributed by atoms with Crippen molar-refractivity contribution in [1.82, 2.24) is 0 Å². The lowest BCUT2D eigenvalue weighted by molar-refractivity contribution is -0.135. The van der Waals surface area contributed by atoms with E-state index < -0.39 is 17.9 Å². The molecule has 3 N–H and O–H groups in total. The predicted molar refractivity (Wildman–Crippen MR) is 60.0 cm³/mol. The summed E-state index contributed by atoms with van der Waals surface area (Å²) in [5, 5.41) is 23.2. The fraction of sp³-hybridized carbons (Fsp3) is 0.182. The topological polar surface area (TPSA) is 112 Å². The van der Waals surface area contributed by atoms with E-state index in [0.717, 1.165) is 13.8 Å². The van der Waals surface area contributed by atoms with Gasteiger partial charge in [0.2, 0.25) is 0 Å². The average molecular weight is 242 g/mol. The number of rotatable bonds is 1. The lowest BCUT2D eigenvalue weighted by Gasteiger charge is -1.88. The molecule has 0 bridgehead atoms. The first-order valence-electron chi connectivity index (χ1n) is 4.44. The van der Waals surface area contributed by atoms with Crippen LogP contribution in [-0.4, -0.2) is 33.2 Å². The Balaban J connectivity index is 0. The number of carboxylic acid groups (broad SMARTS) is 3. The van der Waals surface area contributed by atoms with Crippen molar-refractivity contribution in [3.05, 3.63) is 35.9 Å². The van der Waals surface area contributed by atoms with E-state index in [0.29, 0.717) is 5.56 Å². The summed E-state index contributed by atoms with van der Waals surface area (Å²) < 4.78 is 0. The van der Waals surface area contributed by atoms with Crippen LogP contribution < -0.4 is 0 Å². The van der Waals surface area contributed by atoms with Crippen LogP contribution in [0.5, 0.6) is 0 Å². The van der Waals surface area contributed by atoms with E-state index in [4.69, 9.17) is 24.9 Å². The third kappa shape index (κ3) is 19.9. The quantitative estimate of drug-likeness (QED) is 0.689. The molecule has 0 aliphatic carbocycles. The Morgan fingerprint density at radius 3 is 1.29 bits per heavy atom. The maximum absolute atomic E-state index is 10.2. The second kappa shape index (κ2) is 10.2. The molecule has 0 aromatic heterocycles.